The molecule has 1 amide bonds. The van der Waals surface area contributed by atoms with E-state index in [-0.39, 0.29) is 6.09 Å². The number of hydrogen-bond donors (Lipinski definition) is 0. The number of piperazine rings is 1. The maximum atomic E-state index is 12.1. The van der Waals surface area contributed by atoms with Gasteiger partial charge >= 0.3 is 6.09 Å². The van der Waals surface area contributed by atoms with Crippen molar-refractivity contribution < 1.29 is 14.3 Å². The van der Waals surface area contributed by atoms with E-state index < -0.39 is 5.60 Å². The van der Waals surface area contributed by atoms with E-state index in [0.717, 1.165) is 17.5 Å². The van der Waals surface area contributed by atoms with Crippen LogP contribution in [-0.4, -0.2) is 49.1 Å². The van der Waals surface area contributed by atoms with E-state index in [1.54, 1.807) is 11.0 Å². The van der Waals surface area contributed by atoms with Crippen LogP contribution in [0.2, 0.25) is 0 Å². The van der Waals surface area contributed by atoms with Crippen molar-refractivity contribution >= 4 is 24.1 Å². The third-order valence-corrected chi connectivity index (χ3v) is 3.73. The van der Waals surface area contributed by atoms with Crippen LogP contribution in [0.25, 0.3) is 6.08 Å². The Morgan fingerprint density at radius 2 is 1.87 bits per heavy atom. The van der Waals surface area contributed by atoms with Gasteiger partial charge in [0.05, 0.1) is 0 Å². The van der Waals surface area contributed by atoms with Gasteiger partial charge in [-0.15, -0.1) is 0 Å². The van der Waals surface area contributed by atoms with Crippen LogP contribution in [0.15, 0.2) is 24.8 Å². The molecule has 0 aliphatic carbocycles. The molecule has 1 fully saturated rings. The maximum absolute atomic E-state index is 12.1. The normalized spacial score (nSPS) is 15.3. The van der Waals surface area contributed by atoms with Crippen LogP contribution in [0.3, 0.4) is 0 Å². The zero-order chi connectivity index (χ0) is 17.0. The maximum Gasteiger partial charge on any atom is 0.410 e. The number of amides is 1. The second-order valence-corrected chi connectivity index (χ2v) is 6.56. The van der Waals surface area contributed by atoms with E-state index in [9.17, 15) is 9.59 Å². The molecule has 1 aliphatic heterocycles. The van der Waals surface area contributed by atoms with Gasteiger partial charge < -0.3 is 14.5 Å². The topological polar surface area (TPSA) is 49.9 Å². The molecule has 1 saturated heterocycles. The molecule has 1 aromatic rings. The molecule has 5 heteroatoms. The standard InChI is InChI=1S/C18H24N2O3/c1-5-14-7-6-8-16(15(14)13-21)19-9-11-20(12-10-19)17(22)23-18(2,3)4/h5-8,13H,1,9-12H2,2-4H3. The summed E-state index contributed by atoms with van der Waals surface area (Å²) in [6.45, 7) is 11.8. The quantitative estimate of drug-likeness (QED) is 0.804. The molecule has 23 heavy (non-hydrogen) atoms. The second kappa shape index (κ2) is 6.86. The van der Waals surface area contributed by atoms with E-state index in [2.05, 4.69) is 11.5 Å². The molecule has 0 atom stereocenters. The summed E-state index contributed by atoms with van der Waals surface area (Å²) in [6, 6.07) is 5.72. The van der Waals surface area contributed by atoms with E-state index in [1.807, 2.05) is 39.0 Å². The molecule has 0 N–H and O–H groups in total. The first-order valence-corrected chi connectivity index (χ1v) is 7.79. The molecule has 124 valence electrons. The highest BCUT2D eigenvalue weighted by Crippen LogP contribution is 2.25. The Bertz CT molecular complexity index is 597. The van der Waals surface area contributed by atoms with Gasteiger partial charge in [-0.3, -0.25) is 4.79 Å². The Morgan fingerprint density at radius 3 is 2.39 bits per heavy atom. The third-order valence-electron chi connectivity index (χ3n) is 3.73. The number of anilines is 1. The SMILES string of the molecule is C=Cc1cccc(N2CCN(C(=O)OC(C)(C)C)CC2)c1C=O. The fraction of sp³-hybridized carbons (Fsp3) is 0.444. The Hall–Kier alpha value is -2.30. The average Bonchev–Trinajstić information content (AvgIpc) is 2.52. The molecule has 0 aromatic heterocycles. The van der Waals surface area contributed by atoms with Crippen molar-refractivity contribution in [2.24, 2.45) is 0 Å². The van der Waals surface area contributed by atoms with Crippen LogP contribution in [0, 0.1) is 0 Å². The summed E-state index contributed by atoms with van der Waals surface area (Å²) in [5.41, 5.74) is 1.87. The molecule has 0 spiro atoms. The lowest BCUT2D eigenvalue weighted by Crippen LogP contribution is -2.50. The molecule has 1 aromatic carbocycles. The summed E-state index contributed by atoms with van der Waals surface area (Å²) in [4.78, 5) is 27.3. The van der Waals surface area contributed by atoms with Gasteiger partial charge in [0.2, 0.25) is 0 Å². The molecule has 1 aliphatic rings. The van der Waals surface area contributed by atoms with Crippen LogP contribution in [-0.2, 0) is 4.74 Å². The lowest BCUT2D eigenvalue weighted by atomic mass is 10.0. The zero-order valence-corrected chi connectivity index (χ0v) is 14.0. The summed E-state index contributed by atoms with van der Waals surface area (Å²) >= 11 is 0. The summed E-state index contributed by atoms with van der Waals surface area (Å²) in [6.07, 6.45) is 2.27. The van der Waals surface area contributed by atoms with Crippen LogP contribution in [0.5, 0.6) is 0 Å². The molecule has 0 unspecified atom stereocenters. The first kappa shape index (κ1) is 17.1. The summed E-state index contributed by atoms with van der Waals surface area (Å²) < 4.78 is 5.40. The largest absolute Gasteiger partial charge is 0.444 e. The Labute approximate surface area is 137 Å². The van der Waals surface area contributed by atoms with Gasteiger partial charge in [-0.05, 0) is 32.4 Å². The van der Waals surface area contributed by atoms with Gasteiger partial charge in [-0.2, -0.15) is 0 Å². The summed E-state index contributed by atoms with van der Waals surface area (Å²) in [7, 11) is 0. The number of aldehydes is 1. The fourth-order valence-electron chi connectivity index (χ4n) is 2.61. The zero-order valence-electron chi connectivity index (χ0n) is 14.0. The van der Waals surface area contributed by atoms with Crippen molar-refractivity contribution in [3.05, 3.63) is 35.9 Å². The monoisotopic (exact) mass is 316 g/mol. The van der Waals surface area contributed by atoms with Gasteiger partial charge in [-0.1, -0.05) is 24.8 Å². The second-order valence-electron chi connectivity index (χ2n) is 6.56. The number of benzene rings is 1. The van der Waals surface area contributed by atoms with Gasteiger partial charge in [0, 0.05) is 37.4 Å². The minimum atomic E-state index is -0.489. The first-order chi connectivity index (χ1) is 10.9. The highest BCUT2D eigenvalue weighted by atomic mass is 16.6. The van der Waals surface area contributed by atoms with Crippen molar-refractivity contribution in [3.63, 3.8) is 0 Å². The predicted octanol–water partition coefficient (Wildman–Crippen LogP) is 3.20. The van der Waals surface area contributed by atoms with Crippen molar-refractivity contribution in [2.75, 3.05) is 31.1 Å². The number of nitrogens with zero attached hydrogens (tertiary/aromatic N) is 2. The summed E-state index contributed by atoms with van der Waals surface area (Å²) in [5.74, 6) is 0. The number of carbonyl (C=O) groups excluding carboxylic acids is 2. The smallest absolute Gasteiger partial charge is 0.410 e. The predicted molar refractivity (Wildman–Crippen MR) is 91.9 cm³/mol. The Kier molecular flexibility index (Phi) is 5.08. The van der Waals surface area contributed by atoms with Crippen LogP contribution in [0.4, 0.5) is 10.5 Å². The van der Waals surface area contributed by atoms with Gasteiger partial charge in [0.1, 0.15) is 5.60 Å². The minimum absolute atomic E-state index is 0.285. The first-order valence-electron chi connectivity index (χ1n) is 7.79. The fourth-order valence-corrected chi connectivity index (χ4v) is 2.61. The van der Waals surface area contributed by atoms with E-state index in [4.69, 9.17) is 4.74 Å². The van der Waals surface area contributed by atoms with Crippen molar-refractivity contribution in [2.45, 2.75) is 26.4 Å². The molecule has 1 heterocycles. The number of rotatable bonds is 3. The number of carbonyl (C=O) groups is 2. The van der Waals surface area contributed by atoms with E-state index >= 15 is 0 Å². The molecule has 0 bridgehead atoms. The molecular weight excluding hydrogens is 292 g/mol. The van der Waals surface area contributed by atoms with Gasteiger partial charge in [0.25, 0.3) is 0 Å². The van der Waals surface area contributed by atoms with Gasteiger partial charge in [-0.25, -0.2) is 4.79 Å². The van der Waals surface area contributed by atoms with E-state index in [0.29, 0.717) is 31.7 Å². The molecule has 0 saturated carbocycles. The lowest BCUT2D eigenvalue weighted by Gasteiger charge is -2.37. The van der Waals surface area contributed by atoms with Gasteiger partial charge in [0.15, 0.2) is 6.29 Å². The average molecular weight is 316 g/mol. The van der Waals surface area contributed by atoms with Crippen LogP contribution < -0.4 is 4.90 Å². The number of ether oxygens (including phenoxy) is 1. The highest BCUT2D eigenvalue weighted by Gasteiger charge is 2.26. The minimum Gasteiger partial charge on any atom is -0.444 e. The Balaban J connectivity index is 2.07. The van der Waals surface area contributed by atoms with Crippen LogP contribution >= 0.6 is 0 Å². The Morgan fingerprint density at radius 1 is 1.22 bits per heavy atom. The molecule has 2 rings (SSSR count). The lowest BCUT2D eigenvalue weighted by molar-refractivity contribution is 0.0240. The molecule has 5 nitrogen and oxygen atoms in total. The molecule has 0 radical (unpaired) electrons. The molecular formula is C18H24N2O3. The van der Waals surface area contributed by atoms with Crippen molar-refractivity contribution in [3.8, 4) is 0 Å². The number of hydrogen-bond acceptors (Lipinski definition) is 4. The third kappa shape index (κ3) is 4.12. The van der Waals surface area contributed by atoms with Crippen LogP contribution in [0.1, 0.15) is 36.7 Å². The summed E-state index contributed by atoms with van der Waals surface area (Å²) in [5, 5.41) is 0. The van der Waals surface area contributed by atoms with E-state index in [1.165, 1.54) is 0 Å². The van der Waals surface area contributed by atoms with Crippen molar-refractivity contribution in [1.82, 2.24) is 4.90 Å². The highest BCUT2D eigenvalue weighted by molar-refractivity contribution is 5.90. The van der Waals surface area contributed by atoms with Crippen molar-refractivity contribution in [1.29, 1.82) is 0 Å².